The van der Waals surface area contributed by atoms with Gasteiger partial charge < -0.3 is 10.2 Å². The fraction of sp³-hybridized carbons (Fsp3) is 0.300. The molecule has 7 nitrogen and oxygen atoms in total. The number of fused-ring (bicyclic) bond motifs is 1. The number of hydrogen-bond donors (Lipinski definition) is 1. The molecule has 2 aliphatic rings. The van der Waals surface area contributed by atoms with Gasteiger partial charge in [-0.05, 0) is 44.0 Å². The highest BCUT2D eigenvalue weighted by atomic mass is 16.2. The fourth-order valence-electron chi connectivity index (χ4n) is 3.49. The van der Waals surface area contributed by atoms with Gasteiger partial charge in [-0.3, -0.25) is 19.3 Å². The number of carbonyl (C=O) groups is 3. The highest BCUT2D eigenvalue weighted by molar-refractivity contribution is 6.22. The largest absolute Gasteiger partial charge is 0.357 e. The molecule has 0 saturated carbocycles. The van der Waals surface area contributed by atoms with Crippen molar-refractivity contribution in [1.82, 2.24) is 9.88 Å². The molecule has 138 valence electrons. The Balaban J connectivity index is 1.41. The zero-order valence-corrected chi connectivity index (χ0v) is 15.1. The molecule has 1 aromatic heterocycles. The van der Waals surface area contributed by atoms with Gasteiger partial charge in [0.1, 0.15) is 12.4 Å². The number of rotatable bonds is 4. The molecule has 0 unspecified atom stereocenters. The van der Waals surface area contributed by atoms with Crippen molar-refractivity contribution >= 4 is 29.2 Å². The van der Waals surface area contributed by atoms with Crippen molar-refractivity contribution < 1.29 is 14.4 Å². The Morgan fingerprint density at radius 2 is 1.81 bits per heavy atom. The molecule has 0 radical (unpaired) electrons. The molecule has 1 aromatic carbocycles. The van der Waals surface area contributed by atoms with E-state index in [2.05, 4.69) is 15.2 Å². The van der Waals surface area contributed by atoms with Crippen LogP contribution in [0.4, 0.5) is 11.5 Å². The lowest BCUT2D eigenvalue weighted by Crippen LogP contribution is -2.37. The van der Waals surface area contributed by atoms with Crippen LogP contribution in [0.3, 0.4) is 0 Å². The first-order chi connectivity index (χ1) is 13.0. The first-order valence-electron chi connectivity index (χ1n) is 9.00. The first kappa shape index (κ1) is 17.2. The number of pyridine rings is 1. The number of carbonyl (C=O) groups excluding carboxylic acids is 3. The maximum absolute atomic E-state index is 12.4. The minimum atomic E-state index is -0.437. The summed E-state index contributed by atoms with van der Waals surface area (Å²) in [5.41, 5.74) is 2.13. The van der Waals surface area contributed by atoms with Gasteiger partial charge in [0, 0.05) is 13.1 Å². The lowest BCUT2D eigenvalue weighted by molar-refractivity contribution is -0.116. The molecule has 0 atom stereocenters. The van der Waals surface area contributed by atoms with E-state index in [0.29, 0.717) is 16.8 Å². The van der Waals surface area contributed by atoms with Crippen LogP contribution in [0.1, 0.15) is 39.1 Å². The first-order valence-corrected chi connectivity index (χ1v) is 9.00. The van der Waals surface area contributed by atoms with Gasteiger partial charge in [-0.15, -0.1) is 0 Å². The van der Waals surface area contributed by atoms with Gasteiger partial charge >= 0.3 is 0 Å². The normalized spacial score (nSPS) is 16.0. The number of benzene rings is 1. The van der Waals surface area contributed by atoms with Crippen LogP contribution in [0.2, 0.25) is 0 Å². The molecule has 1 saturated heterocycles. The predicted molar refractivity (Wildman–Crippen MR) is 101 cm³/mol. The SMILES string of the molecule is Cc1ccc2c(c1)C(=O)N(CC(=O)Nc1ccc(N3CCCC3)nc1)C2=O. The van der Waals surface area contributed by atoms with Crippen LogP contribution in [-0.2, 0) is 4.79 Å². The predicted octanol–water partition coefficient (Wildman–Crippen LogP) is 2.22. The van der Waals surface area contributed by atoms with Gasteiger partial charge in [-0.1, -0.05) is 11.6 Å². The van der Waals surface area contributed by atoms with E-state index in [1.165, 1.54) is 12.8 Å². The Morgan fingerprint density at radius 3 is 2.52 bits per heavy atom. The standard InChI is InChI=1S/C20H20N4O3/c1-13-4-6-15-16(10-13)20(27)24(19(15)26)12-18(25)22-14-5-7-17(21-11-14)23-8-2-3-9-23/h4-7,10-11H,2-3,8-9,12H2,1H3,(H,22,25). The molecular formula is C20H20N4O3. The number of anilines is 2. The lowest BCUT2D eigenvalue weighted by atomic mass is 10.1. The highest BCUT2D eigenvalue weighted by Crippen LogP contribution is 2.24. The van der Waals surface area contributed by atoms with Gasteiger partial charge in [-0.2, -0.15) is 0 Å². The quantitative estimate of drug-likeness (QED) is 0.841. The number of amides is 3. The van der Waals surface area contributed by atoms with Crippen LogP contribution < -0.4 is 10.2 Å². The summed E-state index contributed by atoms with van der Waals surface area (Å²) < 4.78 is 0. The van der Waals surface area contributed by atoms with Crippen molar-refractivity contribution in [2.45, 2.75) is 19.8 Å². The van der Waals surface area contributed by atoms with Crippen LogP contribution in [0.25, 0.3) is 0 Å². The Bertz CT molecular complexity index is 917. The molecule has 4 rings (SSSR count). The molecule has 0 bridgehead atoms. The third-order valence-corrected chi connectivity index (χ3v) is 4.89. The number of imide groups is 1. The molecule has 2 aromatic rings. The van der Waals surface area contributed by atoms with Crippen molar-refractivity contribution in [2.24, 2.45) is 0 Å². The second-order valence-electron chi connectivity index (χ2n) is 6.89. The van der Waals surface area contributed by atoms with Crippen LogP contribution in [0.5, 0.6) is 0 Å². The maximum atomic E-state index is 12.4. The lowest BCUT2D eigenvalue weighted by Gasteiger charge is -2.17. The van der Waals surface area contributed by atoms with Crippen LogP contribution in [0.15, 0.2) is 36.5 Å². The van der Waals surface area contributed by atoms with Gasteiger partial charge in [0.25, 0.3) is 11.8 Å². The van der Waals surface area contributed by atoms with E-state index in [4.69, 9.17) is 0 Å². The second-order valence-corrected chi connectivity index (χ2v) is 6.89. The minimum absolute atomic E-state index is 0.320. The average molecular weight is 364 g/mol. The third-order valence-electron chi connectivity index (χ3n) is 4.89. The summed E-state index contributed by atoms with van der Waals surface area (Å²) in [7, 11) is 0. The molecule has 7 heteroatoms. The average Bonchev–Trinajstić information content (AvgIpc) is 3.26. The van der Waals surface area contributed by atoms with Crippen molar-refractivity contribution in [2.75, 3.05) is 29.9 Å². The molecule has 27 heavy (non-hydrogen) atoms. The van der Waals surface area contributed by atoms with Crippen molar-refractivity contribution in [3.8, 4) is 0 Å². The smallest absolute Gasteiger partial charge is 0.262 e. The number of aromatic nitrogens is 1. The summed E-state index contributed by atoms with van der Waals surface area (Å²) in [5.74, 6) is -0.415. The van der Waals surface area contributed by atoms with Crippen LogP contribution in [0, 0.1) is 6.92 Å². The Labute approximate surface area is 157 Å². The van der Waals surface area contributed by atoms with E-state index in [1.54, 1.807) is 30.5 Å². The van der Waals surface area contributed by atoms with E-state index < -0.39 is 17.7 Å². The maximum Gasteiger partial charge on any atom is 0.262 e. The van der Waals surface area contributed by atoms with E-state index in [9.17, 15) is 14.4 Å². The number of nitrogens with one attached hydrogen (secondary N) is 1. The Hall–Kier alpha value is -3.22. The van der Waals surface area contributed by atoms with Crippen molar-refractivity contribution in [1.29, 1.82) is 0 Å². The number of aryl methyl sites for hydroxylation is 1. The topological polar surface area (TPSA) is 82.6 Å². The van der Waals surface area contributed by atoms with Gasteiger partial charge in [0.15, 0.2) is 0 Å². The molecule has 3 heterocycles. The Kier molecular flexibility index (Phi) is 4.35. The zero-order valence-electron chi connectivity index (χ0n) is 15.1. The second kappa shape index (κ2) is 6.83. The molecule has 0 aliphatic carbocycles. The minimum Gasteiger partial charge on any atom is -0.357 e. The molecule has 1 N–H and O–H groups in total. The Morgan fingerprint density at radius 1 is 1.07 bits per heavy atom. The zero-order chi connectivity index (χ0) is 19.0. The summed E-state index contributed by atoms with van der Waals surface area (Å²) in [5, 5.41) is 2.70. The van der Waals surface area contributed by atoms with E-state index in [1.807, 2.05) is 13.0 Å². The highest BCUT2D eigenvalue weighted by Gasteiger charge is 2.36. The van der Waals surface area contributed by atoms with E-state index in [0.717, 1.165) is 29.4 Å². The van der Waals surface area contributed by atoms with Crippen LogP contribution in [-0.4, -0.2) is 47.2 Å². The van der Waals surface area contributed by atoms with Gasteiger partial charge in [-0.25, -0.2) is 4.98 Å². The molecule has 3 amide bonds. The van der Waals surface area contributed by atoms with Crippen LogP contribution >= 0.6 is 0 Å². The molecular weight excluding hydrogens is 344 g/mol. The fourth-order valence-corrected chi connectivity index (χ4v) is 3.49. The van der Waals surface area contributed by atoms with Gasteiger partial charge in [0.05, 0.1) is 23.0 Å². The molecule has 1 fully saturated rings. The van der Waals surface area contributed by atoms with Crippen molar-refractivity contribution in [3.63, 3.8) is 0 Å². The van der Waals surface area contributed by atoms with E-state index in [-0.39, 0.29) is 6.54 Å². The summed E-state index contributed by atoms with van der Waals surface area (Å²) in [6.45, 7) is 3.53. The molecule has 0 spiro atoms. The van der Waals surface area contributed by atoms with E-state index >= 15 is 0 Å². The number of nitrogens with zero attached hydrogens (tertiary/aromatic N) is 3. The third kappa shape index (κ3) is 3.28. The van der Waals surface area contributed by atoms with Gasteiger partial charge in [0.2, 0.25) is 5.91 Å². The summed E-state index contributed by atoms with van der Waals surface area (Å²) in [6, 6.07) is 8.73. The summed E-state index contributed by atoms with van der Waals surface area (Å²) in [6.07, 6.45) is 3.93. The molecule has 2 aliphatic heterocycles. The summed E-state index contributed by atoms with van der Waals surface area (Å²) in [4.78, 5) is 44.7. The monoisotopic (exact) mass is 364 g/mol. The van der Waals surface area contributed by atoms with Crippen molar-refractivity contribution in [3.05, 3.63) is 53.2 Å². The summed E-state index contributed by atoms with van der Waals surface area (Å²) >= 11 is 0. The number of hydrogen-bond acceptors (Lipinski definition) is 5.